The molecule has 1 aliphatic rings. The molecule has 0 saturated carbocycles. The molecule has 1 atom stereocenters. The molecule has 106 valence electrons. The molecule has 1 heterocycles. The maximum Gasteiger partial charge on any atom is 0.246 e. The van der Waals surface area contributed by atoms with Crippen LogP contribution in [0.5, 0.6) is 0 Å². The zero-order chi connectivity index (χ0) is 14.5. The third-order valence-corrected chi connectivity index (χ3v) is 7.79. The van der Waals surface area contributed by atoms with Crippen LogP contribution >= 0.6 is 45.5 Å². The van der Waals surface area contributed by atoms with Gasteiger partial charge < -0.3 is 10.0 Å². The molecule has 1 unspecified atom stereocenters. The molecule has 0 aromatic heterocycles. The smallest absolute Gasteiger partial charge is 0.246 e. The summed E-state index contributed by atoms with van der Waals surface area (Å²) in [5, 5.41) is 10.6. The first kappa shape index (κ1) is 16.9. The molecule has 0 spiro atoms. The molecule has 1 N–H and O–H groups in total. The summed E-state index contributed by atoms with van der Waals surface area (Å²) in [6, 6.07) is 0. The highest BCUT2D eigenvalue weighted by Crippen LogP contribution is 2.42. The van der Waals surface area contributed by atoms with E-state index in [1.165, 1.54) is 0 Å². The normalized spacial score (nSPS) is 27.4. The largest absolute Gasteiger partial charge is 0.362 e. The molecule has 4 nitrogen and oxygen atoms in total. The molecule has 1 amide bonds. The van der Waals surface area contributed by atoms with Gasteiger partial charge >= 0.3 is 0 Å². The fraction of sp³-hybridized carbons (Fsp3) is 0.917. The zero-order valence-corrected chi connectivity index (χ0v) is 16.1. The van der Waals surface area contributed by atoms with Gasteiger partial charge in [0.1, 0.15) is 5.54 Å². The minimum atomic E-state index is -1.14. The third-order valence-electron chi connectivity index (χ3n) is 3.45. The van der Waals surface area contributed by atoms with Crippen LogP contribution in [-0.4, -0.2) is 40.4 Å². The third kappa shape index (κ3) is 2.67. The Kier molecular flexibility index (Phi) is 4.69. The van der Waals surface area contributed by atoms with Gasteiger partial charge in [-0.3, -0.25) is 4.79 Å². The van der Waals surface area contributed by atoms with Crippen LogP contribution in [0.3, 0.4) is 0 Å². The van der Waals surface area contributed by atoms with Crippen molar-refractivity contribution in [3.05, 3.63) is 0 Å². The maximum atomic E-state index is 12.6. The SMILES string of the molecule is CC(C)C(O)(I)N1CC(C)(C)N(I)C(C)(C)C1=O. The number of nitrogens with zero attached hydrogens (tertiary/aromatic N) is 2. The number of aliphatic hydroxyl groups is 1. The number of halogens is 2. The van der Waals surface area contributed by atoms with Gasteiger partial charge in [-0.15, -0.1) is 0 Å². The number of alkyl halides is 1. The topological polar surface area (TPSA) is 43.8 Å². The van der Waals surface area contributed by atoms with Gasteiger partial charge in [0.15, 0.2) is 3.73 Å². The summed E-state index contributed by atoms with van der Waals surface area (Å²) in [4.78, 5) is 14.2. The predicted molar refractivity (Wildman–Crippen MR) is 89.5 cm³/mol. The molecule has 0 aromatic carbocycles. The lowest BCUT2D eigenvalue weighted by Crippen LogP contribution is -2.71. The first-order valence-electron chi connectivity index (χ1n) is 6.04. The van der Waals surface area contributed by atoms with Crippen LogP contribution in [0.4, 0.5) is 0 Å². The van der Waals surface area contributed by atoms with E-state index >= 15 is 0 Å². The Balaban J connectivity index is 3.21. The van der Waals surface area contributed by atoms with Crippen LogP contribution in [0.2, 0.25) is 0 Å². The van der Waals surface area contributed by atoms with Crippen LogP contribution < -0.4 is 0 Å². The van der Waals surface area contributed by atoms with Crippen molar-refractivity contribution >= 4 is 51.4 Å². The summed E-state index contributed by atoms with van der Waals surface area (Å²) in [5.74, 6) is -0.0452. The van der Waals surface area contributed by atoms with Gasteiger partial charge in [0.05, 0.1) is 0 Å². The number of amides is 1. The number of hydrogen-bond donors (Lipinski definition) is 1. The number of carbonyl (C=O) groups excluding carboxylic acids is 1. The monoisotopic (exact) mass is 480 g/mol. The summed E-state index contributed by atoms with van der Waals surface area (Å²) in [6.45, 7) is 12.4. The summed E-state index contributed by atoms with van der Waals surface area (Å²) >= 11 is 4.20. The van der Waals surface area contributed by atoms with Crippen molar-refractivity contribution in [2.24, 2.45) is 5.92 Å². The standard InChI is InChI=1S/C12H22I2N2O2/c1-8(2)12(13,18)15-7-10(3,4)16(14)11(5,6)9(15)17/h8,18H,7H2,1-6H3. The molecule has 0 aliphatic carbocycles. The average molecular weight is 480 g/mol. The van der Waals surface area contributed by atoms with E-state index in [9.17, 15) is 9.90 Å². The lowest BCUT2D eigenvalue weighted by Gasteiger charge is -2.55. The highest BCUT2D eigenvalue weighted by molar-refractivity contribution is 14.1. The van der Waals surface area contributed by atoms with Crippen LogP contribution in [0, 0.1) is 5.92 Å². The molecule has 1 saturated heterocycles. The van der Waals surface area contributed by atoms with E-state index < -0.39 is 9.27 Å². The van der Waals surface area contributed by atoms with Crippen LogP contribution in [0.15, 0.2) is 0 Å². The Morgan fingerprint density at radius 1 is 1.33 bits per heavy atom. The number of hydrogen-bond acceptors (Lipinski definition) is 3. The average Bonchev–Trinajstić information content (AvgIpc) is 2.21. The van der Waals surface area contributed by atoms with E-state index in [1.54, 1.807) is 4.90 Å². The second-order valence-corrected chi connectivity index (χ2v) is 8.89. The first-order valence-corrected chi connectivity index (χ1v) is 8.09. The Morgan fingerprint density at radius 3 is 2.17 bits per heavy atom. The van der Waals surface area contributed by atoms with E-state index in [-0.39, 0.29) is 17.4 Å². The Labute approximate surface area is 137 Å². The molecule has 1 aliphatic heterocycles. The lowest BCUT2D eigenvalue weighted by atomic mass is 9.89. The van der Waals surface area contributed by atoms with Crippen LogP contribution in [0.1, 0.15) is 41.5 Å². The molecule has 1 rings (SSSR count). The van der Waals surface area contributed by atoms with Crippen LogP contribution in [0.25, 0.3) is 0 Å². The van der Waals surface area contributed by atoms with E-state index in [0.29, 0.717) is 6.54 Å². The molecule has 6 heteroatoms. The highest BCUT2D eigenvalue weighted by atomic mass is 127. The van der Waals surface area contributed by atoms with Crippen molar-refractivity contribution in [2.45, 2.75) is 56.4 Å². The van der Waals surface area contributed by atoms with Crippen molar-refractivity contribution in [3.8, 4) is 0 Å². The van der Waals surface area contributed by atoms with Gasteiger partial charge in [0.2, 0.25) is 5.91 Å². The van der Waals surface area contributed by atoms with Crippen molar-refractivity contribution in [3.63, 3.8) is 0 Å². The van der Waals surface area contributed by atoms with Crippen LogP contribution in [-0.2, 0) is 4.79 Å². The molecule has 1 fully saturated rings. The number of rotatable bonds is 2. The van der Waals surface area contributed by atoms with Gasteiger partial charge in [-0.05, 0) is 50.3 Å². The molecular formula is C12H22I2N2O2. The van der Waals surface area contributed by atoms with Gasteiger partial charge in [-0.2, -0.15) is 0 Å². The minimum Gasteiger partial charge on any atom is -0.362 e. The Hall–Kier alpha value is 0.850. The molecular weight excluding hydrogens is 458 g/mol. The molecule has 0 aromatic rings. The second-order valence-electron chi connectivity index (χ2n) is 6.33. The van der Waals surface area contributed by atoms with Gasteiger partial charge in [0.25, 0.3) is 0 Å². The maximum absolute atomic E-state index is 12.6. The second kappa shape index (κ2) is 5.00. The quantitative estimate of drug-likeness (QED) is 0.286. The van der Waals surface area contributed by atoms with E-state index in [4.69, 9.17) is 0 Å². The molecule has 0 bridgehead atoms. The van der Waals surface area contributed by atoms with Crippen molar-refractivity contribution < 1.29 is 9.90 Å². The summed E-state index contributed by atoms with van der Waals surface area (Å²) in [6.07, 6.45) is 0. The van der Waals surface area contributed by atoms with Gasteiger partial charge in [-0.25, -0.2) is 3.11 Å². The number of piperazine rings is 1. The lowest BCUT2D eigenvalue weighted by molar-refractivity contribution is -0.169. The molecule has 0 radical (unpaired) electrons. The summed E-state index contributed by atoms with van der Waals surface area (Å²) < 4.78 is 0.922. The highest BCUT2D eigenvalue weighted by Gasteiger charge is 2.54. The van der Waals surface area contributed by atoms with E-state index in [1.807, 2.05) is 50.3 Å². The number of carbonyl (C=O) groups is 1. The Bertz CT molecular complexity index is 354. The molecule has 18 heavy (non-hydrogen) atoms. The zero-order valence-electron chi connectivity index (χ0n) is 11.8. The predicted octanol–water partition coefficient (Wildman–Crippen LogP) is 2.77. The van der Waals surface area contributed by atoms with E-state index in [0.717, 1.165) is 0 Å². The fourth-order valence-electron chi connectivity index (χ4n) is 2.26. The first-order chi connectivity index (χ1) is 7.85. The van der Waals surface area contributed by atoms with Crippen molar-refractivity contribution in [2.75, 3.05) is 6.54 Å². The fourth-order valence-corrected chi connectivity index (χ4v) is 3.01. The van der Waals surface area contributed by atoms with Crippen molar-refractivity contribution in [1.29, 1.82) is 0 Å². The van der Waals surface area contributed by atoms with E-state index in [2.05, 4.69) is 39.8 Å². The summed E-state index contributed by atoms with van der Waals surface area (Å²) in [5.41, 5.74) is -0.789. The summed E-state index contributed by atoms with van der Waals surface area (Å²) in [7, 11) is 0. The van der Waals surface area contributed by atoms with Gasteiger partial charge in [0, 0.05) is 40.9 Å². The van der Waals surface area contributed by atoms with Crippen molar-refractivity contribution in [1.82, 2.24) is 8.01 Å². The van der Waals surface area contributed by atoms with Gasteiger partial charge in [-0.1, -0.05) is 13.8 Å². The minimum absolute atomic E-state index is 0.0191. The Morgan fingerprint density at radius 2 is 1.78 bits per heavy atom.